The summed E-state index contributed by atoms with van der Waals surface area (Å²) >= 11 is 0. The Kier molecular flexibility index (Phi) is 3.95. The fourth-order valence-electron chi connectivity index (χ4n) is 3.16. The molecule has 2 heterocycles. The van der Waals surface area contributed by atoms with Crippen LogP contribution in [0.1, 0.15) is 29.6 Å². The highest BCUT2D eigenvalue weighted by atomic mass is 19.1. The second-order valence-electron chi connectivity index (χ2n) is 5.74. The van der Waals surface area contributed by atoms with Crippen molar-refractivity contribution in [1.29, 1.82) is 0 Å². The van der Waals surface area contributed by atoms with Gasteiger partial charge in [-0.1, -0.05) is 0 Å². The third kappa shape index (κ3) is 2.80. The number of hydrogen-bond acceptors (Lipinski definition) is 4. The lowest BCUT2D eigenvalue weighted by molar-refractivity contribution is -0.0920. The van der Waals surface area contributed by atoms with Crippen LogP contribution >= 0.6 is 0 Å². The summed E-state index contributed by atoms with van der Waals surface area (Å²) in [5.41, 5.74) is 0.192. The van der Waals surface area contributed by atoms with Crippen LogP contribution in [-0.2, 0) is 9.47 Å². The molecule has 5 heteroatoms. The van der Waals surface area contributed by atoms with E-state index in [0.717, 1.165) is 6.42 Å². The van der Waals surface area contributed by atoms with Crippen LogP contribution in [0.3, 0.4) is 0 Å². The minimum Gasteiger partial charge on any atom is -0.494 e. The van der Waals surface area contributed by atoms with Crippen LogP contribution in [0.4, 0.5) is 4.39 Å². The standard InChI is InChI=1S/C16H19FO4/c1-19-14-8-11(2-3-13(14)17)15(18)12-4-6-21-16(9-12)5-7-20-10-16/h2-3,8,12H,4-7,9-10H2,1H3. The van der Waals surface area contributed by atoms with Crippen molar-refractivity contribution in [2.24, 2.45) is 5.92 Å². The third-order valence-electron chi connectivity index (χ3n) is 4.37. The number of carbonyl (C=O) groups excluding carboxylic acids is 1. The van der Waals surface area contributed by atoms with E-state index in [-0.39, 0.29) is 23.1 Å². The normalized spacial score (nSPS) is 28.8. The van der Waals surface area contributed by atoms with E-state index in [0.29, 0.717) is 38.2 Å². The van der Waals surface area contributed by atoms with Crippen molar-refractivity contribution in [2.45, 2.75) is 24.9 Å². The molecule has 0 radical (unpaired) electrons. The molecule has 0 saturated carbocycles. The molecule has 2 aliphatic rings. The lowest BCUT2D eigenvalue weighted by atomic mass is 9.81. The first kappa shape index (κ1) is 14.5. The Balaban J connectivity index is 1.78. The first-order valence-corrected chi connectivity index (χ1v) is 7.23. The van der Waals surface area contributed by atoms with Gasteiger partial charge in [-0.15, -0.1) is 0 Å². The predicted molar refractivity (Wildman–Crippen MR) is 74.1 cm³/mol. The molecule has 0 amide bonds. The van der Waals surface area contributed by atoms with Gasteiger partial charge in [-0.3, -0.25) is 4.79 Å². The maximum absolute atomic E-state index is 13.4. The van der Waals surface area contributed by atoms with Crippen LogP contribution in [0.15, 0.2) is 18.2 Å². The van der Waals surface area contributed by atoms with Gasteiger partial charge in [0.05, 0.1) is 19.3 Å². The van der Waals surface area contributed by atoms with Gasteiger partial charge in [0.15, 0.2) is 17.3 Å². The molecule has 4 nitrogen and oxygen atoms in total. The SMILES string of the molecule is COc1cc(C(=O)C2CCOC3(CCOC3)C2)ccc1F. The molecule has 114 valence electrons. The lowest BCUT2D eigenvalue weighted by Gasteiger charge is -2.36. The predicted octanol–water partition coefficient (Wildman–Crippen LogP) is 2.60. The highest BCUT2D eigenvalue weighted by Gasteiger charge is 2.43. The van der Waals surface area contributed by atoms with E-state index in [4.69, 9.17) is 14.2 Å². The Morgan fingerprint density at radius 3 is 3.00 bits per heavy atom. The van der Waals surface area contributed by atoms with Crippen molar-refractivity contribution >= 4 is 5.78 Å². The summed E-state index contributed by atoms with van der Waals surface area (Å²) in [5.74, 6) is -0.424. The molecule has 2 unspecified atom stereocenters. The van der Waals surface area contributed by atoms with Gasteiger partial charge in [0.1, 0.15) is 0 Å². The van der Waals surface area contributed by atoms with Crippen LogP contribution in [-0.4, -0.2) is 38.3 Å². The lowest BCUT2D eigenvalue weighted by Crippen LogP contribution is -2.42. The quantitative estimate of drug-likeness (QED) is 0.804. The van der Waals surface area contributed by atoms with Crippen LogP contribution in [0, 0.1) is 11.7 Å². The minimum atomic E-state index is -0.457. The molecule has 1 spiro atoms. The number of ketones is 1. The number of benzene rings is 1. The number of rotatable bonds is 3. The number of carbonyl (C=O) groups is 1. The molecule has 1 aromatic carbocycles. The zero-order valence-corrected chi connectivity index (χ0v) is 12.1. The molecule has 2 atom stereocenters. The summed E-state index contributed by atoms with van der Waals surface area (Å²) in [7, 11) is 1.39. The Bertz CT molecular complexity index is 537. The maximum atomic E-state index is 13.4. The van der Waals surface area contributed by atoms with Gasteiger partial charge < -0.3 is 14.2 Å². The van der Waals surface area contributed by atoms with Crippen molar-refractivity contribution in [1.82, 2.24) is 0 Å². The van der Waals surface area contributed by atoms with Gasteiger partial charge in [0, 0.05) is 31.1 Å². The monoisotopic (exact) mass is 294 g/mol. The Labute approximate surface area is 123 Å². The summed E-state index contributed by atoms with van der Waals surface area (Å²) in [6.07, 6.45) is 2.20. The maximum Gasteiger partial charge on any atom is 0.166 e. The molecule has 2 fully saturated rings. The first-order valence-electron chi connectivity index (χ1n) is 7.23. The number of ether oxygens (including phenoxy) is 3. The van der Waals surface area contributed by atoms with E-state index in [1.807, 2.05) is 0 Å². The van der Waals surface area contributed by atoms with Crippen LogP contribution in [0.5, 0.6) is 5.75 Å². The Morgan fingerprint density at radius 2 is 2.29 bits per heavy atom. The van der Waals surface area contributed by atoms with Crippen molar-refractivity contribution in [3.63, 3.8) is 0 Å². The number of methoxy groups -OCH3 is 1. The van der Waals surface area contributed by atoms with Gasteiger partial charge in [0.25, 0.3) is 0 Å². The average Bonchev–Trinajstić information content (AvgIpc) is 2.95. The number of halogens is 1. The zero-order chi connectivity index (χ0) is 14.9. The summed E-state index contributed by atoms with van der Waals surface area (Å²) in [6, 6.07) is 4.28. The second kappa shape index (κ2) is 5.73. The number of hydrogen-bond donors (Lipinski definition) is 0. The highest BCUT2D eigenvalue weighted by molar-refractivity contribution is 5.98. The first-order chi connectivity index (χ1) is 10.1. The van der Waals surface area contributed by atoms with Crippen molar-refractivity contribution in [3.05, 3.63) is 29.6 Å². The Hall–Kier alpha value is -1.46. The van der Waals surface area contributed by atoms with Crippen molar-refractivity contribution in [3.8, 4) is 5.75 Å². The molecule has 2 saturated heterocycles. The fourth-order valence-corrected chi connectivity index (χ4v) is 3.16. The highest BCUT2D eigenvalue weighted by Crippen LogP contribution is 2.37. The number of Topliss-reactive ketones (excluding diaryl/α,β-unsaturated/α-hetero) is 1. The van der Waals surface area contributed by atoms with Crippen LogP contribution < -0.4 is 4.74 Å². The van der Waals surface area contributed by atoms with E-state index < -0.39 is 5.82 Å². The van der Waals surface area contributed by atoms with Crippen LogP contribution in [0.2, 0.25) is 0 Å². The molecule has 2 aliphatic heterocycles. The third-order valence-corrected chi connectivity index (χ3v) is 4.37. The van der Waals surface area contributed by atoms with E-state index in [2.05, 4.69) is 0 Å². The zero-order valence-electron chi connectivity index (χ0n) is 12.1. The topological polar surface area (TPSA) is 44.8 Å². The van der Waals surface area contributed by atoms with Gasteiger partial charge in [-0.05, 0) is 31.0 Å². The summed E-state index contributed by atoms with van der Waals surface area (Å²) in [4.78, 5) is 12.6. The van der Waals surface area contributed by atoms with Gasteiger partial charge >= 0.3 is 0 Å². The molecule has 0 N–H and O–H groups in total. The van der Waals surface area contributed by atoms with E-state index in [1.165, 1.54) is 25.3 Å². The molecule has 1 aromatic rings. The minimum absolute atomic E-state index is 0.0304. The molecule has 3 rings (SSSR count). The Morgan fingerprint density at radius 1 is 1.43 bits per heavy atom. The molecule has 21 heavy (non-hydrogen) atoms. The molecule has 0 aromatic heterocycles. The van der Waals surface area contributed by atoms with Crippen molar-refractivity contribution < 1.29 is 23.4 Å². The van der Waals surface area contributed by atoms with E-state index in [1.54, 1.807) is 0 Å². The van der Waals surface area contributed by atoms with Gasteiger partial charge in [-0.25, -0.2) is 4.39 Å². The summed E-state index contributed by atoms with van der Waals surface area (Å²) < 4.78 is 29.7. The van der Waals surface area contributed by atoms with Gasteiger partial charge in [-0.2, -0.15) is 0 Å². The fraction of sp³-hybridized carbons (Fsp3) is 0.562. The smallest absolute Gasteiger partial charge is 0.166 e. The van der Waals surface area contributed by atoms with E-state index >= 15 is 0 Å². The van der Waals surface area contributed by atoms with Crippen molar-refractivity contribution in [2.75, 3.05) is 26.9 Å². The molecule has 0 bridgehead atoms. The summed E-state index contributed by atoms with van der Waals surface area (Å²) in [5, 5.41) is 0. The van der Waals surface area contributed by atoms with E-state index in [9.17, 15) is 9.18 Å². The average molecular weight is 294 g/mol. The second-order valence-corrected chi connectivity index (χ2v) is 5.74. The largest absolute Gasteiger partial charge is 0.494 e. The molecule has 0 aliphatic carbocycles. The molecular formula is C16H19FO4. The van der Waals surface area contributed by atoms with Crippen LogP contribution in [0.25, 0.3) is 0 Å². The molecular weight excluding hydrogens is 275 g/mol. The summed E-state index contributed by atoms with van der Waals surface area (Å²) in [6.45, 7) is 1.81. The van der Waals surface area contributed by atoms with Gasteiger partial charge in [0.2, 0.25) is 0 Å².